The third-order valence-electron chi connectivity index (χ3n) is 2.53. The van der Waals surface area contributed by atoms with Gasteiger partial charge in [0.25, 0.3) is 0 Å². The van der Waals surface area contributed by atoms with Crippen LogP contribution in [0.5, 0.6) is 0 Å². The second-order valence-electron chi connectivity index (χ2n) is 4.01. The second-order valence-corrected chi connectivity index (χ2v) is 4.51. The first-order chi connectivity index (χ1) is 8.47. The van der Waals surface area contributed by atoms with Gasteiger partial charge in [0, 0.05) is 6.42 Å². The smallest absolute Gasteiger partial charge is 0.316 e. The van der Waals surface area contributed by atoms with Crippen LogP contribution in [0, 0.1) is 6.92 Å². The van der Waals surface area contributed by atoms with E-state index in [1.807, 2.05) is 13.0 Å². The van der Waals surface area contributed by atoms with Gasteiger partial charge in [-0.05, 0) is 24.6 Å². The van der Waals surface area contributed by atoms with Crippen LogP contribution in [0.15, 0.2) is 22.6 Å². The molecule has 0 aliphatic rings. The number of thiol groups is 1. The highest BCUT2D eigenvalue weighted by Crippen LogP contribution is 2.25. The molecule has 0 radical (unpaired) electrons. The Bertz CT molecular complexity index is 620. The molecular weight excluding hydrogens is 254 g/mol. The zero-order chi connectivity index (χ0) is 13.3. The molecule has 0 bridgehead atoms. The Hall–Kier alpha value is -1.82. The highest BCUT2D eigenvalue weighted by molar-refractivity contribution is 7.96. The van der Waals surface area contributed by atoms with E-state index in [0.29, 0.717) is 11.1 Å². The number of fused-ring (bicyclic) bond motifs is 1. The summed E-state index contributed by atoms with van der Waals surface area (Å²) in [5.41, 5.74) is 2.09. The number of carboxylic acid groups (broad SMARTS) is 1. The van der Waals surface area contributed by atoms with Crippen molar-refractivity contribution in [3.63, 3.8) is 0 Å². The third kappa shape index (κ3) is 2.53. The average molecular weight is 265 g/mol. The number of carbonyl (C=O) groups excluding carboxylic acids is 1. The van der Waals surface area contributed by atoms with Gasteiger partial charge >= 0.3 is 5.97 Å². The van der Waals surface area contributed by atoms with Crippen molar-refractivity contribution >= 4 is 34.8 Å². The standard InChI is InChI=1S/C12H11NO4S/c1-6-2-3-9-8(4-6)13-11(17-9)7(12(15)16)5-10(14)18/h2-4,7H,5H2,1H3,(H,14,18)(H,15,16). The van der Waals surface area contributed by atoms with E-state index >= 15 is 0 Å². The highest BCUT2D eigenvalue weighted by atomic mass is 32.1. The van der Waals surface area contributed by atoms with Crippen molar-refractivity contribution in [3.8, 4) is 0 Å². The second kappa shape index (κ2) is 4.81. The molecule has 1 heterocycles. The van der Waals surface area contributed by atoms with Crippen molar-refractivity contribution < 1.29 is 19.1 Å². The van der Waals surface area contributed by atoms with E-state index in [4.69, 9.17) is 9.52 Å². The van der Waals surface area contributed by atoms with E-state index in [-0.39, 0.29) is 12.3 Å². The maximum atomic E-state index is 11.1. The molecule has 0 saturated heterocycles. The lowest BCUT2D eigenvalue weighted by molar-refractivity contribution is -0.140. The van der Waals surface area contributed by atoms with Crippen LogP contribution in [-0.2, 0) is 9.59 Å². The molecule has 2 aromatic rings. The lowest BCUT2D eigenvalue weighted by Crippen LogP contribution is -2.14. The predicted molar refractivity (Wildman–Crippen MR) is 67.7 cm³/mol. The molecule has 0 aliphatic heterocycles. The summed E-state index contributed by atoms with van der Waals surface area (Å²) < 4.78 is 5.37. The molecule has 1 atom stereocenters. The summed E-state index contributed by atoms with van der Waals surface area (Å²) >= 11 is 3.59. The van der Waals surface area contributed by atoms with Gasteiger partial charge in [0.15, 0.2) is 10.7 Å². The van der Waals surface area contributed by atoms with Crippen molar-refractivity contribution in [2.45, 2.75) is 19.3 Å². The molecular formula is C12H11NO4S. The summed E-state index contributed by atoms with van der Waals surface area (Å²) in [5.74, 6) is -2.21. The first-order valence-electron chi connectivity index (χ1n) is 5.29. The lowest BCUT2D eigenvalue weighted by Gasteiger charge is -2.04. The minimum absolute atomic E-state index is 0.0329. The number of carbonyl (C=O) groups is 2. The number of hydrogen-bond acceptors (Lipinski definition) is 4. The van der Waals surface area contributed by atoms with E-state index in [9.17, 15) is 9.59 Å². The monoisotopic (exact) mass is 265 g/mol. The zero-order valence-electron chi connectivity index (χ0n) is 9.58. The Morgan fingerprint density at radius 2 is 2.22 bits per heavy atom. The third-order valence-corrected chi connectivity index (χ3v) is 2.72. The number of aryl methyl sites for hydroxylation is 1. The Kier molecular flexibility index (Phi) is 3.38. The number of oxazole rings is 1. The Balaban J connectivity index is 2.44. The summed E-state index contributed by atoms with van der Waals surface area (Å²) in [6.07, 6.45) is -0.246. The van der Waals surface area contributed by atoms with Crippen molar-refractivity contribution in [1.29, 1.82) is 0 Å². The van der Waals surface area contributed by atoms with E-state index in [1.165, 1.54) is 0 Å². The van der Waals surface area contributed by atoms with Gasteiger partial charge in [0.2, 0.25) is 5.89 Å². The van der Waals surface area contributed by atoms with Crippen molar-refractivity contribution in [1.82, 2.24) is 4.98 Å². The van der Waals surface area contributed by atoms with Crippen LogP contribution in [-0.4, -0.2) is 21.2 Å². The van der Waals surface area contributed by atoms with Crippen molar-refractivity contribution in [2.24, 2.45) is 0 Å². The molecule has 2 rings (SSSR count). The van der Waals surface area contributed by atoms with Gasteiger partial charge in [0.05, 0.1) is 0 Å². The maximum Gasteiger partial charge on any atom is 0.316 e. The molecule has 18 heavy (non-hydrogen) atoms. The molecule has 5 nitrogen and oxygen atoms in total. The summed E-state index contributed by atoms with van der Waals surface area (Å²) in [6.45, 7) is 1.90. The van der Waals surface area contributed by atoms with Crippen LogP contribution in [0.1, 0.15) is 23.8 Å². The van der Waals surface area contributed by atoms with Gasteiger partial charge < -0.3 is 9.52 Å². The Morgan fingerprint density at radius 1 is 1.50 bits per heavy atom. The first kappa shape index (κ1) is 12.6. The number of nitrogens with zero attached hydrogens (tertiary/aromatic N) is 1. The molecule has 0 aliphatic carbocycles. The normalized spacial score (nSPS) is 12.6. The average Bonchev–Trinajstić information content (AvgIpc) is 2.67. The molecule has 6 heteroatoms. The largest absolute Gasteiger partial charge is 0.481 e. The van der Waals surface area contributed by atoms with Crippen LogP contribution in [0.4, 0.5) is 0 Å². The van der Waals surface area contributed by atoms with Crippen LogP contribution in [0.2, 0.25) is 0 Å². The van der Waals surface area contributed by atoms with Gasteiger partial charge in [-0.3, -0.25) is 9.59 Å². The molecule has 0 saturated carbocycles. The number of carboxylic acids is 1. The van der Waals surface area contributed by atoms with Crippen molar-refractivity contribution in [2.75, 3.05) is 0 Å². The number of benzene rings is 1. The van der Waals surface area contributed by atoms with Gasteiger partial charge in [0.1, 0.15) is 11.4 Å². The van der Waals surface area contributed by atoms with Crippen LogP contribution < -0.4 is 0 Å². The Morgan fingerprint density at radius 3 is 2.83 bits per heavy atom. The minimum atomic E-state index is -1.15. The van der Waals surface area contributed by atoms with Gasteiger partial charge in [-0.25, -0.2) is 4.98 Å². The SMILES string of the molecule is Cc1ccc2oc(C(CC(=O)S)C(=O)O)nc2c1. The zero-order valence-corrected chi connectivity index (χ0v) is 10.5. The molecule has 1 unspecified atom stereocenters. The molecule has 94 valence electrons. The number of aliphatic carboxylic acids is 1. The fourth-order valence-electron chi connectivity index (χ4n) is 1.66. The number of aromatic nitrogens is 1. The van der Waals surface area contributed by atoms with E-state index < -0.39 is 17.0 Å². The summed E-state index contributed by atoms with van der Waals surface area (Å²) in [4.78, 5) is 26.1. The summed E-state index contributed by atoms with van der Waals surface area (Å²) in [6, 6.07) is 5.36. The minimum Gasteiger partial charge on any atom is -0.481 e. The molecule has 1 aromatic carbocycles. The van der Waals surface area contributed by atoms with Gasteiger partial charge in [-0.1, -0.05) is 6.07 Å². The number of hydrogen-bond donors (Lipinski definition) is 2. The van der Waals surface area contributed by atoms with Gasteiger partial charge in [-0.15, -0.1) is 12.6 Å². The summed E-state index contributed by atoms with van der Waals surface area (Å²) in [7, 11) is 0. The van der Waals surface area contributed by atoms with E-state index in [2.05, 4.69) is 17.6 Å². The highest BCUT2D eigenvalue weighted by Gasteiger charge is 2.27. The number of rotatable bonds is 4. The van der Waals surface area contributed by atoms with E-state index in [0.717, 1.165) is 5.56 Å². The predicted octanol–water partition coefficient (Wildman–Crippen LogP) is 2.15. The quantitative estimate of drug-likeness (QED) is 0.828. The lowest BCUT2D eigenvalue weighted by atomic mass is 10.1. The topological polar surface area (TPSA) is 80.4 Å². The van der Waals surface area contributed by atoms with Crippen LogP contribution in [0.25, 0.3) is 11.1 Å². The fourth-order valence-corrected chi connectivity index (χ4v) is 1.84. The Labute approximate surface area is 108 Å². The van der Waals surface area contributed by atoms with Crippen LogP contribution >= 0.6 is 12.6 Å². The first-order valence-corrected chi connectivity index (χ1v) is 5.74. The fraction of sp³-hybridized carbons (Fsp3) is 0.250. The van der Waals surface area contributed by atoms with Crippen LogP contribution in [0.3, 0.4) is 0 Å². The molecule has 1 N–H and O–H groups in total. The molecule has 1 aromatic heterocycles. The maximum absolute atomic E-state index is 11.1. The molecule has 0 spiro atoms. The molecule has 0 amide bonds. The summed E-state index contributed by atoms with van der Waals surface area (Å²) in [5, 5.41) is 8.56. The van der Waals surface area contributed by atoms with Gasteiger partial charge in [-0.2, -0.15) is 0 Å². The molecule has 0 fully saturated rings. The van der Waals surface area contributed by atoms with Crippen molar-refractivity contribution in [3.05, 3.63) is 29.7 Å². The van der Waals surface area contributed by atoms with E-state index in [1.54, 1.807) is 12.1 Å².